The van der Waals surface area contributed by atoms with Crippen LogP contribution in [0.1, 0.15) is 21.6 Å². The van der Waals surface area contributed by atoms with Gasteiger partial charge in [-0.3, -0.25) is 4.79 Å². The Morgan fingerprint density at radius 2 is 1.92 bits per heavy atom. The van der Waals surface area contributed by atoms with Crippen molar-refractivity contribution in [3.8, 4) is 0 Å². The summed E-state index contributed by atoms with van der Waals surface area (Å²) in [6.07, 6.45) is 1.51. The third-order valence-corrected chi connectivity index (χ3v) is 5.73. The van der Waals surface area contributed by atoms with E-state index in [-0.39, 0.29) is 11.4 Å². The Morgan fingerprint density at radius 1 is 1.25 bits per heavy atom. The Labute approximate surface area is 145 Å². The van der Waals surface area contributed by atoms with Crippen LogP contribution in [-0.2, 0) is 14.8 Å². The van der Waals surface area contributed by atoms with E-state index in [2.05, 4.69) is 15.2 Å². The number of carbonyl (C=O) groups excluding carboxylic acids is 1. The lowest BCUT2D eigenvalue weighted by molar-refractivity contribution is -0.119. The van der Waals surface area contributed by atoms with Crippen molar-refractivity contribution in [2.24, 2.45) is 5.10 Å². The fraction of sp³-hybridized carbons (Fsp3) is 0.250. The number of hydrogen-bond donors (Lipinski definition) is 2. The molecule has 1 aromatic heterocycles. The van der Waals surface area contributed by atoms with Gasteiger partial charge in [0.05, 0.1) is 17.7 Å². The molecule has 0 aliphatic heterocycles. The molecule has 1 amide bonds. The Morgan fingerprint density at radius 3 is 2.50 bits per heavy atom. The van der Waals surface area contributed by atoms with Crippen LogP contribution in [0.3, 0.4) is 0 Å². The molecule has 0 aliphatic rings. The Balaban J connectivity index is 1.99. The smallest absolute Gasteiger partial charge is 0.255 e. The molecule has 0 unspecified atom stereocenters. The van der Waals surface area contributed by atoms with Crippen molar-refractivity contribution in [1.29, 1.82) is 0 Å². The third kappa shape index (κ3) is 4.73. The molecule has 128 valence electrons. The molecule has 0 spiro atoms. The van der Waals surface area contributed by atoms with Gasteiger partial charge < -0.3 is 0 Å². The van der Waals surface area contributed by atoms with Gasteiger partial charge in [-0.15, -0.1) is 11.3 Å². The molecule has 2 aromatic rings. The summed E-state index contributed by atoms with van der Waals surface area (Å²) in [4.78, 5) is 12.8. The van der Waals surface area contributed by atoms with Crippen molar-refractivity contribution in [3.63, 3.8) is 0 Å². The van der Waals surface area contributed by atoms with Crippen LogP contribution >= 0.6 is 11.3 Å². The Hall–Kier alpha value is -2.03. The minimum Gasteiger partial charge on any atom is -0.272 e. The number of carbonyl (C=O) groups is 1. The number of nitrogens with zero attached hydrogens (tertiary/aromatic N) is 1. The van der Waals surface area contributed by atoms with Crippen LogP contribution in [-0.4, -0.2) is 27.1 Å². The van der Waals surface area contributed by atoms with Gasteiger partial charge in [0, 0.05) is 4.88 Å². The lowest BCUT2D eigenvalue weighted by Gasteiger charge is -2.12. The SMILES string of the molecule is Cc1cc(C)c(S(=O)(=O)NCC(=O)N/N=C\c2cccs2)c(C)c1. The minimum absolute atomic E-state index is 0.211. The van der Waals surface area contributed by atoms with E-state index >= 15 is 0 Å². The molecular weight excluding hydrogens is 346 g/mol. The zero-order valence-corrected chi connectivity index (χ0v) is 15.3. The average molecular weight is 365 g/mol. The fourth-order valence-corrected chi connectivity index (χ4v) is 4.41. The topological polar surface area (TPSA) is 87.6 Å². The first-order valence-electron chi connectivity index (χ1n) is 7.22. The second-order valence-corrected chi connectivity index (χ2v) is 8.04. The number of thiophene rings is 1. The molecule has 6 nitrogen and oxygen atoms in total. The zero-order chi connectivity index (χ0) is 17.7. The van der Waals surface area contributed by atoms with E-state index in [9.17, 15) is 13.2 Å². The molecule has 0 aliphatic carbocycles. The highest BCUT2D eigenvalue weighted by Gasteiger charge is 2.20. The number of nitrogens with one attached hydrogen (secondary N) is 2. The van der Waals surface area contributed by atoms with Crippen molar-refractivity contribution in [3.05, 3.63) is 51.2 Å². The molecule has 2 N–H and O–H groups in total. The van der Waals surface area contributed by atoms with Crippen molar-refractivity contribution in [1.82, 2.24) is 10.1 Å². The molecule has 24 heavy (non-hydrogen) atoms. The van der Waals surface area contributed by atoms with Crippen molar-refractivity contribution < 1.29 is 13.2 Å². The lowest BCUT2D eigenvalue weighted by atomic mass is 10.1. The largest absolute Gasteiger partial charge is 0.272 e. The number of aryl methyl sites for hydroxylation is 3. The molecule has 0 bridgehead atoms. The Bertz CT molecular complexity index is 834. The summed E-state index contributed by atoms with van der Waals surface area (Å²) in [5.74, 6) is -0.534. The molecule has 0 saturated carbocycles. The van der Waals surface area contributed by atoms with Gasteiger partial charge in [-0.2, -0.15) is 5.10 Å². The summed E-state index contributed by atoms with van der Waals surface area (Å²) in [6, 6.07) is 7.32. The minimum atomic E-state index is -3.76. The van der Waals surface area contributed by atoms with Crippen LogP contribution in [0.4, 0.5) is 0 Å². The predicted molar refractivity (Wildman–Crippen MR) is 95.9 cm³/mol. The van der Waals surface area contributed by atoms with E-state index in [1.165, 1.54) is 17.6 Å². The molecule has 1 heterocycles. The van der Waals surface area contributed by atoms with Crippen LogP contribution in [0.25, 0.3) is 0 Å². The van der Waals surface area contributed by atoms with Crippen LogP contribution in [0.15, 0.2) is 39.6 Å². The van der Waals surface area contributed by atoms with Crippen molar-refractivity contribution in [2.45, 2.75) is 25.7 Å². The summed E-state index contributed by atoms with van der Waals surface area (Å²) in [6.45, 7) is 5.00. The van der Waals surface area contributed by atoms with Crippen LogP contribution < -0.4 is 10.1 Å². The van der Waals surface area contributed by atoms with E-state index in [0.717, 1.165) is 10.4 Å². The van der Waals surface area contributed by atoms with Crippen LogP contribution in [0, 0.1) is 20.8 Å². The number of hydrogen-bond acceptors (Lipinski definition) is 5. The monoisotopic (exact) mass is 365 g/mol. The summed E-state index contributed by atoms with van der Waals surface area (Å²) in [7, 11) is -3.76. The van der Waals surface area contributed by atoms with Gasteiger partial charge in [-0.1, -0.05) is 23.8 Å². The maximum Gasteiger partial charge on any atom is 0.255 e. The van der Waals surface area contributed by atoms with Gasteiger partial charge >= 0.3 is 0 Å². The van der Waals surface area contributed by atoms with E-state index in [1.54, 1.807) is 26.0 Å². The van der Waals surface area contributed by atoms with E-state index in [1.807, 2.05) is 24.4 Å². The summed E-state index contributed by atoms with van der Waals surface area (Å²) in [5, 5.41) is 5.68. The van der Waals surface area contributed by atoms with Gasteiger partial charge in [-0.05, 0) is 43.3 Å². The highest BCUT2D eigenvalue weighted by Crippen LogP contribution is 2.21. The second kappa shape index (κ2) is 7.69. The molecule has 8 heteroatoms. The maximum atomic E-state index is 12.4. The van der Waals surface area contributed by atoms with E-state index < -0.39 is 15.9 Å². The van der Waals surface area contributed by atoms with Gasteiger partial charge in [0.2, 0.25) is 10.0 Å². The average Bonchev–Trinajstić information content (AvgIpc) is 2.97. The maximum absolute atomic E-state index is 12.4. The predicted octanol–water partition coefficient (Wildman–Crippen LogP) is 2.10. The van der Waals surface area contributed by atoms with Crippen molar-refractivity contribution in [2.75, 3.05) is 6.54 Å². The second-order valence-electron chi connectivity index (χ2n) is 5.36. The van der Waals surface area contributed by atoms with Gasteiger partial charge in [0.25, 0.3) is 5.91 Å². The molecule has 1 aromatic carbocycles. The van der Waals surface area contributed by atoms with E-state index in [4.69, 9.17) is 0 Å². The molecule has 0 atom stereocenters. The van der Waals surface area contributed by atoms with Gasteiger partial charge in [0.15, 0.2) is 0 Å². The highest BCUT2D eigenvalue weighted by molar-refractivity contribution is 7.89. The zero-order valence-electron chi connectivity index (χ0n) is 13.7. The third-order valence-electron chi connectivity index (χ3n) is 3.22. The van der Waals surface area contributed by atoms with Crippen molar-refractivity contribution >= 4 is 33.5 Å². The summed E-state index contributed by atoms with van der Waals surface area (Å²) < 4.78 is 27.2. The van der Waals surface area contributed by atoms with Gasteiger partial charge in [0.1, 0.15) is 0 Å². The highest BCUT2D eigenvalue weighted by atomic mass is 32.2. The first-order chi connectivity index (χ1) is 11.3. The summed E-state index contributed by atoms with van der Waals surface area (Å²) in [5.41, 5.74) is 4.58. The first-order valence-corrected chi connectivity index (χ1v) is 9.59. The first kappa shape index (κ1) is 18.3. The number of hydrazone groups is 1. The fourth-order valence-electron chi connectivity index (χ4n) is 2.40. The molecular formula is C16H19N3O3S2. The standard InChI is InChI=1S/C16H19N3O3S2/c1-11-7-12(2)16(13(3)8-11)24(21,22)18-10-15(20)19-17-9-14-5-4-6-23-14/h4-9,18H,10H2,1-3H3,(H,19,20)/b17-9-. The number of sulfonamides is 1. The van der Waals surface area contributed by atoms with E-state index in [0.29, 0.717) is 11.1 Å². The number of benzene rings is 1. The summed E-state index contributed by atoms with van der Waals surface area (Å²) >= 11 is 1.48. The number of rotatable bonds is 6. The van der Waals surface area contributed by atoms with Crippen LogP contribution in [0.2, 0.25) is 0 Å². The van der Waals surface area contributed by atoms with Crippen LogP contribution in [0.5, 0.6) is 0 Å². The Kier molecular flexibility index (Phi) is 5.87. The quantitative estimate of drug-likeness (QED) is 0.607. The molecule has 0 radical (unpaired) electrons. The molecule has 0 fully saturated rings. The van der Waals surface area contributed by atoms with Gasteiger partial charge in [-0.25, -0.2) is 18.6 Å². The molecule has 0 saturated heterocycles. The normalized spacial score (nSPS) is 11.8. The molecule has 2 rings (SSSR count). The lowest BCUT2D eigenvalue weighted by Crippen LogP contribution is -2.35. The number of amides is 1.